The number of benzene rings is 1. The third-order valence-electron chi connectivity index (χ3n) is 2.84. The van der Waals surface area contributed by atoms with E-state index in [1.165, 1.54) is 12.1 Å². The van der Waals surface area contributed by atoms with Gasteiger partial charge in [0.25, 0.3) is 0 Å². The monoisotopic (exact) mass is 287 g/mol. The first-order valence-electron chi connectivity index (χ1n) is 5.67. The minimum atomic E-state index is -1.11. The van der Waals surface area contributed by atoms with Crippen LogP contribution in [-0.2, 0) is 0 Å². The zero-order chi connectivity index (χ0) is 14.3. The molecule has 0 radical (unpaired) electrons. The molecular formula is C13H9N3O3S. The number of carbonyl (C=O) groups is 1. The standard InChI is InChI=1S/C13H9N3O3S/c14-7-2-4-9(12(17)18)15-11(7)6-1-3-8-10(5-6)20-13(19)16-8/h1-5H,14H2,(H,16,19)(H,17,18). The van der Waals surface area contributed by atoms with Gasteiger partial charge in [0.15, 0.2) is 0 Å². The Kier molecular flexibility index (Phi) is 2.76. The third-order valence-corrected chi connectivity index (χ3v) is 3.69. The normalized spacial score (nSPS) is 10.8. The van der Waals surface area contributed by atoms with Crippen molar-refractivity contribution in [2.45, 2.75) is 0 Å². The number of H-pyrrole nitrogens is 1. The van der Waals surface area contributed by atoms with Gasteiger partial charge in [0.2, 0.25) is 0 Å². The maximum atomic E-state index is 11.3. The number of aromatic nitrogens is 2. The molecule has 0 spiro atoms. The minimum Gasteiger partial charge on any atom is -0.477 e. The Bertz CT molecular complexity index is 882. The predicted molar refractivity (Wildman–Crippen MR) is 77.0 cm³/mol. The summed E-state index contributed by atoms with van der Waals surface area (Å²) in [7, 11) is 0. The Morgan fingerprint density at radius 3 is 2.85 bits per heavy atom. The average Bonchev–Trinajstić information content (AvgIpc) is 2.78. The van der Waals surface area contributed by atoms with Crippen molar-refractivity contribution in [3.63, 3.8) is 0 Å². The summed E-state index contributed by atoms with van der Waals surface area (Å²) in [6, 6.07) is 8.12. The van der Waals surface area contributed by atoms with Crippen molar-refractivity contribution in [1.82, 2.24) is 9.97 Å². The number of thiazole rings is 1. The number of pyridine rings is 1. The van der Waals surface area contributed by atoms with E-state index in [1.807, 2.05) is 0 Å². The Balaban J connectivity index is 2.21. The summed E-state index contributed by atoms with van der Waals surface area (Å²) in [5, 5.41) is 8.97. The summed E-state index contributed by atoms with van der Waals surface area (Å²) >= 11 is 1.08. The molecule has 2 heterocycles. The van der Waals surface area contributed by atoms with Gasteiger partial charge >= 0.3 is 10.8 Å². The molecule has 4 N–H and O–H groups in total. The zero-order valence-electron chi connectivity index (χ0n) is 10.1. The van der Waals surface area contributed by atoms with Crippen LogP contribution in [0.15, 0.2) is 35.1 Å². The molecule has 7 heteroatoms. The highest BCUT2D eigenvalue weighted by molar-refractivity contribution is 7.16. The molecule has 1 aromatic carbocycles. The molecule has 0 saturated heterocycles. The first kappa shape index (κ1) is 12.4. The summed E-state index contributed by atoms with van der Waals surface area (Å²) in [6.07, 6.45) is 0. The van der Waals surface area contributed by atoms with Crippen LogP contribution in [0.5, 0.6) is 0 Å². The Morgan fingerprint density at radius 1 is 1.30 bits per heavy atom. The minimum absolute atomic E-state index is 0.0726. The number of nitrogen functional groups attached to an aromatic ring is 1. The number of aromatic carboxylic acids is 1. The summed E-state index contributed by atoms with van der Waals surface area (Å²) in [5.41, 5.74) is 7.97. The second-order valence-corrected chi connectivity index (χ2v) is 5.18. The maximum Gasteiger partial charge on any atom is 0.354 e. The first-order chi connectivity index (χ1) is 9.54. The lowest BCUT2D eigenvalue weighted by molar-refractivity contribution is 0.0690. The molecular weight excluding hydrogens is 278 g/mol. The highest BCUT2D eigenvalue weighted by atomic mass is 32.1. The van der Waals surface area contributed by atoms with E-state index in [1.54, 1.807) is 18.2 Å². The number of rotatable bonds is 2. The van der Waals surface area contributed by atoms with E-state index < -0.39 is 5.97 Å². The number of carboxylic acid groups (broad SMARTS) is 1. The van der Waals surface area contributed by atoms with Gasteiger partial charge < -0.3 is 15.8 Å². The molecule has 0 aliphatic rings. The summed E-state index contributed by atoms with van der Waals surface area (Å²) in [5.74, 6) is -1.11. The lowest BCUT2D eigenvalue weighted by atomic mass is 10.1. The largest absolute Gasteiger partial charge is 0.477 e. The van der Waals surface area contributed by atoms with Crippen LogP contribution >= 0.6 is 11.3 Å². The second kappa shape index (κ2) is 4.46. The molecule has 0 saturated carbocycles. The predicted octanol–water partition coefficient (Wildman–Crippen LogP) is 1.93. The van der Waals surface area contributed by atoms with Crippen molar-refractivity contribution in [3.05, 3.63) is 45.7 Å². The number of anilines is 1. The topological polar surface area (TPSA) is 109 Å². The molecule has 0 amide bonds. The van der Waals surface area contributed by atoms with Crippen molar-refractivity contribution < 1.29 is 9.90 Å². The first-order valence-corrected chi connectivity index (χ1v) is 6.49. The molecule has 20 heavy (non-hydrogen) atoms. The summed E-state index contributed by atoms with van der Waals surface area (Å²) in [4.78, 5) is 28.9. The fourth-order valence-corrected chi connectivity index (χ4v) is 2.69. The Labute approximate surface area is 116 Å². The Morgan fingerprint density at radius 2 is 2.10 bits per heavy atom. The third kappa shape index (κ3) is 2.04. The zero-order valence-corrected chi connectivity index (χ0v) is 10.9. The van der Waals surface area contributed by atoms with E-state index in [2.05, 4.69) is 9.97 Å². The highest BCUT2D eigenvalue weighted by Gasteiger charge is 2.11. The van der Waals surface area contributed by atoms with E-state index in [4.69, 9.17) is 10.8 Å². The van der Waals surface area contributed by atoms with Crippen LogP contribution in [0.4, 0.5) is 5.69 Å². The molecule has 3 aromatic rings. The van der Waals surface area contributed by atoms with Crippen LogP contribution < -0.4 is 10.6 Å². The molecule has 0 bridgehead atoms. The van der Waals surface area contributed by atoms with Gasteiger partial charge in [-0.15, -0.1) is 0 Å². The molecule has 100 valence electrons. The number of carboxylic acids is 1. The van der Waals surface area contributed by atoms with Gasteiger partial charge in [-0.1, -0.05) is 17.4 Å². The van der Waals surface area contributed by atoms with Crippen LogP contribution in [0.1, 0.15) is 10.5 Å². The highest BCUT2D eigenvalue weighted by Crippen LogP contribution is 2.27. The molecule has 0 unspecified atom stereocenters. The van der Waals surface area contributed by atoms with E-state index in [9.17, 15) is 9.59 Å². The lowest BCUT2D eigenvalue weighted by Gasteiger charge is -2.06. The molecule has 0 aliphatic carbocycles. The molecule has 0 fully saturated rings. The second-order valence-electron chi connectivity index (χ2n) is 4.16. The van der Waals surface area contributed by atoms with Gasteiger partial charge in [-0.25, -0.2) is 9.78 Å². The van der Waals surface area contributed by atoms with Crippen molar-refractivity contribution in [2.24, 2.45) is 0 Å². The molecule has 2 aromatic heterocycles. The van der Waals surface area contributed by atoms with E-state index in [0.29, 0.717) is 16.9 Å². The van der Waals surface area contributed by atoms with E-state index in [0.717, 1.165) is 21.6 Å². The van der Waals surface area contributed by atoms with Crippen LogP contribution in [0, 0.1) is 0 Å². The molecule has 6 nitrogen and oxygen atoms in total. The van der Waals surface area contributed by atoms with Crippen LogP contribution in [0.3, 0.4) is 0 Å². The molecule has 0 atom stereocenters. The van der Waals surface area contributed by atoms with Crippen LogP contribution in [0.25, 0.3) is 21.5 Å². The van der Waals surface area contributed by atoms with Gasteiger partial charge in [-0.2, -0.15) is 0 Å². The fourth-order valence-electron chi connectivity index (χ4n) is 1.91. The number of nitrogens with one attached hydrogen (secondary N) is 1. The van der Waals surface area contributed by atoms with Gasteiger partial charge in [0, 0.05) is 5.56 Å². The smallest absolute Gasteiger partial charge is 0.354 e. The van der Waals surface area contributed by atoms with Gasteiger partial charge in [-0.3, -0.25) is 4.79 Å². The van der Waals surface area contributed by atoms with Crippen molar-refractivity contribution in [2.75, 3.05) is 5.73 Å². The number of hydrogen-bond donors (Lipinski definition) is 3. The van der Waals surface area contributed by atoms with Crippen LogP contribution in [0.2, 0.25) is 0 Å². The van der Waals surface area contributed by atoms with Crippen LogP contribution in [-0.4, -0.2) is 21.0 Å². The molecule has 0 aliphatic heterocycles. The molecule has 3 rings (SSSR count). The Hall–Kier alpha value is -2.67. The number of hydrogen-bond acceptors (Lipinski definition) is 5. The SMILES string of the molecule is Nc1ccc(C(=O)O)nc1-c1ccc2[nH]c(=O)sc2c1. The average molecular weight is 287 g/mol. The number of nitrogens with zero attached hydrogens (tertiary/aromatic N) is 1. The summed E-state index contributed by atoms with van der Waals surface area (Å²) in [6.45, 7) is 0. The van der Waals surface area contributed by atoms with E-state index >= 15 is 0 Å². The van der Waals surface area contributed by atoms with Crippen molar-refractivity contribution in [1.29, 1.82) is 0 Å². The number of nitrogens with two attached hydrogens (primary N) is 1. The van der Waals surface area contributed by atoms with Crippen molar-refractivity contribution in [3.8, 4) is 11.3 Å². The lowest BCUT2D eigenvalue weighted by Crippen LogP contribution is -2.03. The fraction of sp³-hybridized carbons (Fsp3) is 0. The van der Waals surface area contributed by atoms with E-state index in [-0.39, 0.29) is 10.6 Å². The number of fused-ring (bicyclic) bond motifs is 1. The van der Waals surface area contributed by atoms with Crippen molar-refractivity contribution >= 4 is 33.2 Å². The maximum absolute atomic E-state index is 11.3. The van der Waals surface area contributed by atoms with Gasteiger partial charge in [-0.05, 0) is 24.3 Å². The summed E-state index contributed by atoms with van der Waals surface area (Å²) < 4.78 is 0.773. The van der Waals surface area contributed by atoms with Gasteiger partial charge in [0.05, 0.1) is 21.6 Å². The number of aromatic amines is 1. The quantitative estimate of drug-likeness (QED) is 0.667. The van der Waals surface area contributed by atoms with Gasteiger partial charge in [0.1, 0.15) is 5.69 Å².